The highest BCUT2D eigenvalue weighted by Crippen LogP contribution is 2.26. The van der Waals surface area contributed by atoms with Gasteiger partial charge in [0, 0.05) is 25.2 Å². The van der Waals surface area contributed by atoms with E-state index in [0.717, 1.165) is 31.9 Å². The molecule has 1 fully saturated rings. The predicted octanol–water partition coefficient (Wildman–Crippen LogP) is 0.907. The monoisotopic (exact) mass is 274 g/mol. The number of nitrogens with zero attached hydrogens (tertiary/aromatic N) is 5. The molecule has 6 nitrogen and oxygen atoms in total. The third-order valence-corrected chi connectivity index (χ3v) is 4.34. The highest BCUT2D eigenvalue weighted by atomic mass is 15.3. The molecule has 2 atom stereocenters. The number of hydrogen-bond acceptors (Lipinski definition) is 5. The molecule has 0 aromatic carbocycles. The molecule has 6 heteroatoms. The van der Waals surface area contributed by atoms with Gasteiger partial charge in [0.15, 0.2) is 0 Å². The second-order valence-electron chi connectivity index (χ2n) is 6.33. The largest absolute Gasteiger partial charge is 0.315 e. The number of fused-ring (bicyclic) bond motifs is 1. The normalized spacial score (nSPS) is 23.6. The summed E-state index contributed by atoms with van der Waals surface area (Å²) in [5, 5.41) is 21.1. The molecule has 20 heavy (non-hydrogen) atoms. The summed E-state index contributed by atoms with van der Waals surface area (Å²) < 4.78 is 2.11. The van der Waals surface area contributed by atoms with Crippen LogP contribution in [0.5, 0.6) is 0 Å². The molecule has 1 N–H and O–H groups in total. The van der Waals surface area contributed by atoms with Crippen LogP contribution in [0.1, 0.15) is 38.9 Å². The summed E-state index contributed by atoms with van der Waals surface area (Å²) in [5.74, 6) is 1.02. The fourth-order valence-electron chi connectivity index (χ4n) is 3.00. The van der Waals surface area contributed by atoms with Crippen LogP contribution < -0.4 is 5.32 Å². The van der Waals surface area contributed by atoms with Crippen LogP contribution in [0.4, 0.5) is 0 Å². The minimum Gasteiger partial charge on any atom is -0.315 e. The third-order valence-electron chi connectivity index (χ3n) is 4.34. The van der Waals surface area contributed by atoms with Crippen LogP contribution in [0, 0.1) is 11.3 Å². The summed E-state index contributed by atoms with van der Waals surface area (Å²) in [6.07, 6.45) is 5.05. The van der Waals surface area contributed by atoms with Gasteiger partial charge in [-0.1, -0.05) is 0 Å². The zero-order valence-electron chi connectivity index (χ0n) is 12.2. The summed E-state index contributed by atoms with van der Waals surface area (Å²) in [6, 6.07) is 3.37. The third kappa shape index (κ3) is 2.84. The molecule has 1 aliphatic heterocycles. The summed E-state index contributed by atoms with van der Waals surface area (Å²) in [7, 11) is 0. The second-order valence-corrected chi connectivity index (χ2v) is 6.33. The molecule has 1 aliphatic carbocycles. The van der Waals surface area contributed by atoms with Gasteiger partial charge in [-0.3, -0.25) is 10.2 Å². The van der Waals surface area contributed by atoms with Gasteiger partial charge >= 0.3 is 0 Å². The first-order chi connectivity index (χ1) is 9.59. The van der Waals surface area contributed by atoms with Crippen molar-refractivity contribution in [2.24, 2.45) is 0 Å². The van der Waals surface area contributed by atoms with E-state index >= 15 is 0 Å². The van der Waals surface area contributed by atoms with Crippen LogP contribution in [0.3, 0.4) is 0 Å². The first-order valence-electron chi connectivity index (χ1n) is 7.39. The Morgan fingerprint density at radius 2 is 2.35 bits per heavy atom. The minimum atomic E-state index is -0.425. The number of nitrogens with one attached hydrogen (secondary N) is 1. The molecule has 0 bridgehead atoms. The maximum absolute atomic E-state index is 9.48. The molecule has 0 amide bonds. The Morgan fingerprint density at radius 1 is 1.55 bits per heavy atom. The summed E-state index contributed by atoms with van der Waals surface area (Å²) in [5.41, 5.74) is -0.425. The van der Waals surface area contributed by atoms with Crippen molar-refractivity contribution in [3.63, 3.8) is 0 Å². The smallest absolute Gasteiger partial charge is 0.147 e. The molecule has 1 aromatic heterocycles. The Balaban J connectivity index is 1.61. The van der Waals surface area contributed by atoms with Crippen molar-refractivity contribution in [1.29, 1.82) is 5.26 Å². The van der Waals surface area contributed by atoms with Crippen molar-refractivity contribution in [3.05, 3.63) is 12.2 Å². The van der Waals surface area contributed by atoms with Crippen LogP contribution in [0.2, 0.25) is 0 Å². The van der Waals surface area contributed by atoms with Gasteiger partial charge in [0.1, 0.15) is 17.7 Å². The molecular formula is C14H22N6. The summed E-state index contributed by atoms with van der Waals surface area (Å²) in [6.45, 7) is 6.99. The van der Waals surface area contributed by atoms with Gasteiger partial charge < -0.3 is 4.57 Å². The molecule has 2 aliphatic rings. The van der Waals surface area contributed by atoms with Gasteiger partial charge in [0.25, 0.3) is 0 Å². The van der Waals surface area contributed by atoms with E-state index < -0.39 is 5.54 Å². The van der Waals surface area contributed by atoms with Crippen molar-refractivity contribution in [2.75, 3.05) is 6.54 Å². The lowest BCUT2D eigenvalue weighted by atomic mass is 9.94. The van der Waals surface area contributed by atoms with Crippen molar-refractivity contribution >= 4 is 0 Å². The topological polar surface area (TPSA) is 69.8 Å². The van der Waals surface area contributed by atoms with Gasteiger partial charge in [-0.15, -0.1) is 10.2 Å². The van der Waals surface area contributed by atoms with E-state index in [0.29, 0.717) is 12.1 Å². The molecule has 108 valence electrons. The van der Waals surface area contributed by atoms with Crippen molar-refractivity contribution < 1.29 is 0 Å². The lowest BCUT2D eigenvalue weighted by molar-refractivity contribution is 0.138. The van der Waals surface area contributed by atoms with Gasteiger partial charge in [0.05, 0.1) is 12.6 Å². The van der Waals surface area contributed by atoms with E-state index in [1.807, 2.05) is 6.92 Å². The van der Waals surface area contributed by atoms with E-state index in [-0.39, 0.29) is 0 Å². The van der Waals surface area contributed by atoms with Crippen LogP contribution in [0.15, 0.2) is 6.33 Å². The molecule has 0 saturated heterocycles. The molecule has 0 spiro atoms. The highest BCUT2D eigenvalue weighted by Gasteiger charge is 2.35. The van der Waals surface area contributed by atoms with Crippen LogP contribution in [-0.2, 0) is 13.1 Å². The quantitative estimate of drug-likeness (QED) is 0.864. The van der Waals surface area contributed by atoms with Crippen LogP contribution >= 0.6 is 0 Å². The van der Waals surface area contributed by atoms with E-state index in [1.165, 1.54) is 12.8 Å². The Hall–Kier alpha value is -1.45. The zero-order valence-corrected chi connectivity index (χ0v) is 12.2. The first kappa shape index (κ1) is 13.5. The lowest BCUT2D eigenvalue weighted by Gasteiger charge is -2.36. The summed E-state index contributed by atoms with van der Waals surface area (Å²) in [4.78, 5) is 2.40. The predicted molar refractivity (Wildman–Crippen MR) is 74.7 cm³/mol. The lowest BCUT2D eigenvalue weighted by Crippen LogP contribution is -2.49. The SMILES string of the molecule is CC(CC(C)(C#N)NC1CC1)N1CCn2cnnc2C1. The number of aromatic nitrogens is 3. The van der Waals surface area contributed by atoms with Crippen molar-refractivity contribution in [3.8, 4) is 6.07 Å². The standard InChI is InChI=1S/C14H22N6/c1-11(7-14(2,9-15)17-12-3-4-12)19-5-6-20-10-16-18-13(20)8-19/h10-12,17H,3-8H2,1-2H3. The van der Waals surface area contributed by atoms with Gasteiger partial charge in [-0.25, -0.2) is 0 Å². The van der Waals surface area contributed by atoms with Crippen molar-refractivity contribution in [2.45, 2.75) is 63.8 Å². The Bertz CT molecular complexity index is 514. The van der Waals surface area contributed by atoms with E-state index in [1.54, 1.807) is 6.33 Å². The van der Waals surface area contributed by atoms with Gasteiger partial charge in [0.2, 0.25) is 0 Å². The maximum Gasteiger partial charge on any atom is 0.147 e. The minimum absolute atomic E-state index is 0.358. The Morgan fingerprint density at radius 3 is 3.05 bits per heavy atom. The zero-order chi connectivity index (χ0) is 14.2. The summed E-state index contributed by atoms with van der Waals surface area (Å²) >= 11 is 0. The molecule has 2 heterocycles. The average molecular weight is 274 g/mol. The Labute approximate surface area is 119 Å². The Kier molecular flexibility index (Phi) is 3.48. The molecule has 0 radical (unpaired) electrons. The number of rotatable bonds is 5. The van der Waals surface area contributed by atoms with Crippen molar-refractivity contribution in [1.82, 2.24) is 25.0 Å². The van der Waals surface area contributed by atoms with Crippen LogP contribution in [0.25, 0.3) is 0 Å². The van der Waals surface area contributed by atoms with E-state index in [2.05, 4.69) is 38.0 Å². The van der Waals surface area contributed by atoms with Crippen LogP contribution in [-0.4, -0.2) is 43.8 Å². The highest BCUT2D eigenvalue weighted by molar-refractivity contribution is 5.09. The average Bonchev–Trinajstić information content (AvgIpc) is 3.11. The fourth-order valence-corrected chi connectivity index (χ4v) is 3.00. The number of hydrogen-bond donors (Lipinski definition) is 1. The van der Waals surface area contributed by atoms with Gasteiger partial charge in [-0.05, 0) is 33.1 Å². The molecular weight excluding hydrogens is 252 g/mol. The number of nitriles is 1. The van der Waals surface area contributed by atoms with E-state index in [4.69, 9.17) is 0 Å². The van der Waals surface area contributed by atoms with Gasteiger partial charge in [-0.2, -0.15) is 5.26 Å². The maximum atomic E-state index is 9.48. The molecule has 2 unspecified atom stereocenters. The molecule has 1 saturated carbocycles. The molecule has 3 rings (SSSR count). The fraction of sp³-hybridized carbons (Fsp3) is 0.786. The molecule has 1 aromatic rings. The second kappa shape index (κ2) is 5.15. The van der Waals surface area contributed by atoms with E-state index in [9.17, 15) is 5.26 Å². The first-order valence-corrected chi connectivity index (χ1v) is 7.39.